The molecule has 29 heavy (non-hydrogen) atoms. The summed E-state index contributed by atoms with van der Waals surface area (Å²) in [6.07, 6.45) is 0.0656. The van der Waals surface area contributed by atoms with Crippen molar-refractivity contribution < 1.29 is 9.59 Å². The number of para-hydroxylation sites is 1. The van der Waals surface area contributed by atoms with Crippen LogP contribution in [0, 0.1) is 0 Å². The molecule has 2 aliphatic heterocycles. The zero-order valence-corrected chi connectivity index (χ0v) is 16.3. The van der Waals surface area contributed by atoms with Crippen LogP contribution in [0.2, 0.25) is 0 Å². The highest BCUT2D eigenvalue weighted by atomic mass is 16.2. The van der Waals surface area contributed by atoms with Crippen LogP contribution in [0.5, 0.6) is 0 Å². The van der Waals surface area contributed by atoms with Crippen LogP contribution >= 0.6 is 0 Å². The Morgan fingerprint density at radius 3 is 2.34 bits per heavy atom. The van der Waals surface area contributed by atoms with E-state index >= 15 is 0 Å². The number of piperazine rings is 1. The second-order valence-corrected chi connectivity index (χ2v) is 7.32. The molecule has 0 radical (unpaired) electrons. The van der Waals surface area contributed by atoms with Gasteiger partial charge in [0.15, 0.2) is 0 Å². The molecule has 1 fully saturated rings. The molecule has 2 heterocycles. The monoisotopic (exact) mass is 391 g/mol. The highest BCUT2D eigenvalue weighted by Crippen LogP contribution is 2.14. The van der Waals surface area contributed by atoms with Gasteiger partial charge in [0.2, 0.25) is 17.8 Å². The van der Waals surface area contributed by atoms with Gasteiger partial charge in [0.25, 0.3) is 0 Å². The predicted octanol–water partition coefficient (Wildman–Crippen LogP) is 1.69. The Morgan fingerprint density at radius 2 is 1.66 bits per heavy atom. The van der Waals surface area contributed by atoms with Gasteiger partial charge in [0.1, 0.15) is 6.04 Å². The number of nitrogens with one attached hydrogen (secondary N) is 2. The molecular weight excluding hydrogens is 366 g/mol. The van der Waals surface area contributed by atoms with Crippen LogP contribution in [0.4, 0.5) is 5.69 Å². The number of carbonyl (C=O) groups excluding carboxylic acids is 2. The van der Waals surface area contributed by atoms with E-state index in [9.17, 15) is 9.59 Å². The molecule has 1 atom stereocenters. The van der Waals surface area contributed by atoms with Gasteiger partial charge in [-0.3, -0.25) is 19.8 Å². The first-order valence-electron chi connectivity index (χ1n) is 9.92. The molecule has 0 bridgehead atoms. The van der Waals surface area contributed by atoms with Crippen LogP contribution in [0.3, 0.4) is 0 Å². The lowest BCUT2D eigenvalue weighted by atomic mass is 10.1. The van der Waals surface area contributed by atoms with E-state index in [0.717, 1.165) is 32.7 Å². The number of guanidine groups is 1. The molecule has 2 aromatic carbocycles. The van der Waals surface area contributed by atoms with Crippen molar-refractivity contribution in [1.82, 2.24) is 15.1 Å². The average Bonchev–Trinajstić information content (AvgIpc) is 2.75. The third kappa shape index (κ3) is 5.00. The highest BCUT2D eigenvalue weighted by Gasteiger charge is 2.30. The Morgan fingerprint density at radius 1 is 1.00 bits per heavy atom. The molecule has 7 heteroatoms. The van der Waals surface area contributed by atoms with Gasteiger partial charge >= 0.3 is 0 Å². The Balaban J connectivity index is 1.36. The Bertz CT molecular complexity index is 877. The summed E-state index contributed by atoms with van der Waals surface area (Å²) in [7, 11) is 0. The van der Waals surface area contributed by atoms with Gasteiger partial charge in [0, 0.05) is 38.4 Å². The van der Waals surface area contributed by atoms with Crippen LogP contribution in [-0.4, -0.2) is 59.8 Å². The van der Waals surface area contributed by atoms with Crippen molar-refractivity contribution >= 4 is 23.5 Å². The normalized spacial score (nSPS) is 20.0. The fourth-order valence-electron chi connectivity index (χ4n) is 3.60. The zero-order chi connectivity index (χ0) is 20.1. The SMILES string of the molecule is O=C1C[C@H](C(=O)Nc2ccccc2)N=C(N2CCN(Cc3ccccc3)CC2)N1. The van der Waals surface area contributed by atoms with E-state index in [2.05, 4.69) is 49.7 Å². The Kier molecular flexibility index (Phi) is 5.86. The maximum atomic E-state index is 12.6. The van der Waals surface area contributed by atoms with Crippen molar-refractivity contribution in [3.63, 3.8) is 0 Å². The summed E-state index contributed by atoms with van der Waals surface area (Å²) in [6.45, 7) is 4.20. The van der Waals surface area contributed by atoms with E-state index < -0.39 is 6.04 Å². The minimum Gasteiger partial charge on any atom is -0.340 e. The van der Waals surface area contributed by atoms with Crippen LogP contribution < -0.4 is 10.6 Å². The van der Waals surface area contributed by atoms with Crippen molar-refractivity contribution in [2.45, 2.75) is 19.0 Å². The molecule has 0 aliphatic carbocycles. The third-order valence-electron chi connectivity index (χ3n) is 5.17. The zero-order valence-electron chi connectivity index (χ0n) is 16.3. The van der Waals surface area contributed by atoms with Crippen LogP contribution in [0.25, 0.3) is 0 Å². The molecule has 2 N–H and O–H groups in total. The largest absolute Gasteiger partial charge is 0.340 e. The minimum atomic E-state index is -0.707. The smallest absolute Gasteiger partial charge is 0.249 e. The highest BCUT2D eigenvalue weighted by molar-refractivity contribution is 6.05. The van der Waals surface area contributed by atoms with E-state index in [4.69, 9.17) is 0 Å². The van der Waals surface area contributed by atoms with Crippen molar-refractivity contribution in [1.29, 1.82) is 0 Å². The second kappa shape index (κ2) is 8.87. The Labute approximate surface area is 170 Å². The summed E-state index contributed by atoms with van der Waals surface area (Å²) in [5.41, 5.74) is 2.00. The van der Waals surface area contributed by atoms with Crippen LogP contribution in [0.15, 0.2) is 65.7 Å². The molecule has 7 nitrogen and oxygen atoms in total. The molecular formula is C22H25N5O2. The maximum absolute atomic E-state index is 12.6. The quantitative estimate of drug-likeness (QED) is 0.832. The summed E-state index contributed by atoms with van der Waals surface area (Å²) in [5.74, 6) is 0.0787. The van der Waals surface area contributed by atoms with E-state index in [-0.39, 0.29) is 18.2 Å². The molecule has 0 aromatic heterocycles. The number of amides is 2. The van der Waals surface area contributed by atoms with Crippen LogP contribution in [0.1, 0.15) is 12.0 Å². The van der Waals surface area contributed by atoms with E-state index in [1.165, 1.54) is 5.56 Å². The predicted molar refractivity (Wildman–Crippen MR) is 112 cm³/mol. The first-order chi connectivity index (χ1) is 14.2. The van der Waals surface area contributed by atoms with Crippen molar-refractivity contribution in [2.24, 2.45) is 4.99 Å². The molecule has 2 amide bonds. The first-order valence-corrected chi connectivity index (χ1v) is 9.92. The standard InChI is InChI=1S/C22H25N5O2/c28-20-15-19(21(29)23-18-9-5-2-6-10-18)24-22(25-20)27-13-11-26(12-14-27)16-17-7-3-1-4-8-17/h1-10,19H,11-16H2,(H,23,29)(H,24,25,28)/t19-/m1/s1. The number of hydrogen-bond donors (Lipinski definition) is 2. The summed E-state index contributed by atoms with van der Waals surface area (Å²) >= 11 is 0. The van der Waals surface area contributed by atoms with Gasteiger partial charge < -0.3 is 10.2 Å². The lowest BCUT2D eigenvalue weighted by Crippen LogP contribution is -2.56. The number of hydrogen-bond acceptors (Lipinski definition) is 5. The Hall–Kier alpha value is -3.19. The average molecular weight is 391 g/mol. The van der Waals surface area contributed by atoms with Gasteiger partial charge in [-0.05, 0) is 17.7 Å². The molecule has 150 valence electrons. The van der Waals surface area contributed by atoms with Gasteiger partial charge in [-0.15, -0.1) is 0 Å². The summed E-state index contributed by atoms with van der Waals surface area (Å²) in [5, 5.41) is 5.68. The summed E-state index contributed by atoms with van der Waals surface area (Å²) in [4.78, 5) is 33.7. The number of rotatable bonds is 4. The summed E-state index contributed by atoms with van der Waals surface area (Å²) in [6, 6.07) is 18.9. The number of carbonyl (C=O) groups is 2. The fourth-order valence-corrected chi connectivity index (χ4v) is 3.60. The van der Waals surface area contributed by atoms with E-state index in [0.29, 0.717) is 11.6 Å². The lowest BCUT2D eigenvalue weighted by Gasteiger charge is -2.37. The lowest BCUT2D eigenvalue weighted by molar-refractivity contribution is -0.125. The van der Waals surface area contributed by atoms with Gasteiger partial charge in [-0.25, -0.2) is 4.99 Å². The molecule has 0 saturated carbocycles. The van der Waals surface area contributed by atoms with Gasteiger partial charge in [-0.2, -0.15) is 0 Å². The first kappa shape index (κ1) is 19.1. The molecule has 4 rings (SSSR count). The molecule has 2 aromatic rings. The maximum Gasteiger partial charge on any atom is 0.249 e. The van der Waals surface area contributed by atoms with Crippen molar-refractivity contribution in [3.05, 3.63) is 66.2 Å². The van der Waals surface area contributed by atoms with Crippen LogP contribution in [-0.2, 0) is 16.1 Å². The molecule has 0 spiro atoms. The van der Waals surface area contributed by atoms with E-state index in [1.54, 1.807) is 0 Å². The van der Waals surface area contributed by atoms with E-state index in [1.807, 2.05) is 36.4 Å². The van der Waals surface area contributed by atoms with Crippen molar-refractivity contribution in [3.8, 4) is 0 Å². The van der Waals surface area contributed by atoms with Gasteiger partial charge in [0.05, 0.1) is 6.42 Å². The number of anilines is 1. The van der Waals surface area contributed by atoms with Gasteiger partial charge in [-0.1, -0.05) is 48.5 Å². The topological polar surface area (TPSA) is 77.0 Å². The number of benzene rings is 2. The molecule has 1 saturated heterocycles. The van der Waals surface area contributed by atoms with Crippen molar-refractivity contribution in [2.75, 3.05) is 31.5 Å². The third-order valence-corrected chi connectivity index (χ3v) is 5.17. The summed E-state index contributed by atoms with van der Waals surface area (Å²) < 4.78 is 0. The molecule has 2 aliphatic rings. The molecule has 0 unspecified atom stereocenters. The second-order valence-electron chi connectivity index (χ2n) is 7.32. The number of nitrogens with zero attached hydrogens (tertiary/aromatic N) is 3. The minimum absolute atomic E-state index is 0.0656. The fraction of sp³-hybridized carbons (Fsp3) is 0.318. The number of aliphatic imine (C=N–C) groups is 1.